The van der Waals surface area contributed by atoms with Gasteiger partial charge in [-0.1, -0.05) is 0 Å². The minimum absolute atomic E-state index is 0.0269. The van der Waals surface area contributed by atoms with Crippen LogP contribution in [0.3, 0.4) is 0 Å². The summed E-state index contributed by atoms with van der Waals surface area (Å²) in [7, 11) is 0. The van der Waals surface area contributed by atoms with Crippen molar-refractivity contribution in [2.75, 3.05) is 0 Å². The molecule has 0 amide bonds. The van der Waals surface area contributed by atoms with Gasteiger partial charge < -0.3 is 20.3 Å². The van der Waals surface area contributed by atoms with Gasteiger partial charge in [-0.15, -0.1) is 0 Å². The van der Waals surface area contributed by atoms with Crippen LogP contribution in [0.1, 0.15) is 10.5 Å². The van der Waals surface area contributed by atoms with Crippen LogP contribution in [0.5, 0.6) is 11.5 Å². The average molecular weight is 193 g/mol. The number of aromatic hydroxyl groups is 2. The van der Waals surface area contributed by atoms with Crippen LogP contribution in [-0.4, -0.2) is 26.3 Å². The number of rotatable bonds is 1. The monoisotopic (exact) mass is 193 g/mol. The maximum atomic E-state index is 10.6. The summed E-state index contributed by atoms with van der Waals surface area (Å²) in [5.74, 6) is -1.39. The van der Waals surface area contributed by atoms with Crippen LogP contribution in [0.4, 0.5) is 0 Å². The highest BCUT2D eigenvalue weighted by molar-refractivity contribution is 5.96. The van der Waals surface area contributed by atoms with Gasteiger partial charge in [0, 0.05) is 11.5 Å². The second-order valence-corrected chi connectivity index (χ2v) is 2.92. The number of carboxylic acids is 1. The molecule has 1 heterocycles. The normalized spacial score (nSPS) is 10.6. The van der Waals surface area contributed by atoms with Crippen LogP contribution in [0.25, 0.3) is 10.9 Å². The molecule has 0 aliphatic carbocycles. The van der Waals surface area contributed by atoms with Gasteiger partial charge in [0.05, 0.1) is 5.52 Å². The van der Waals surface area contributed by atoms with Crippen molar-refractivity contribution in [2.45, 2.75) is 0 Å². The highest BCUT2D eigenvalue weighted by atomic mass is 16.4. The van der Waals surface area contributed by atoms with E-state index in [1.54, 1.807) is 0 Å². The van der Waals surface area contributed by atoms with E-state index in [-0.39, 0.29) is 17.2 Å². The van der Waals surface area contributed by atoms with Gasteiger partial charge in [0.15, 0.2) is 0 Å². The van der Waals surface area contributed by atoms with Crippen molar-refractivity contribution in [3.05, 3.63) is 23.9 Å². The molecule has 0 spiro atoms. The minimum atomic E-state index is -1.11. The smallest absolute Gasteiger partial charge is 0.352 e. The third-order valence-electron chi connectivity index (χ3n) is 1.92. The molecule has 5 heteroatoms. The summed E-state index contributed by atoms with van der Waals surface area (Å²) >= 11 is 0. The summed E-state index contributed by atoms with van der Waals surface area (Å²) in [5.41, 5.74) is 0.279. The van der Waals surface area contributed by atoms with Crippen LogP contribution >= 0.6 is 0 Å². The molecule has 0 aliphatic rings. The van der Waals surface area contributed by atoms with Crippen molar-refractivity contribution in [1.29, 1.82) is 0 Å². The lowest BCUT2D eigenvalue weighted by atomic mass is 10.2. The van der Waals surface area contributed by atoms with Crippen molar-refractivity contribution in [2.24, 2.45) is 0 Å². The van der Waals surface area contributed by atoms with Gasteiger partial charge in [0.1, 0.15) is 17.2 Å². The van der Waals surface area contributed by atoms with Crippen LogP contribution in [0.15, 0.2) is 18.2 Å². The second kappa shape index (κ2) is 2.66. The number of aromatic carboxylic acids is 1. The Morgan fingerprint density at radius 3 is 2.57 bits per heavy atom. The zero-order valence-corrected chi connectivity index (χ0v) is 6.98. The fraction of sp³-hybridized carbons (Fsp3) is 0. The van der Waals surface area contributed by atoms with Crippen molar-refractivity contribution in [3.8, 4) is 11.5 Å². The first kappa shape index (κ1) is 8.43. The largest absolute Gasteiger partial charge is 0.508 e. The summed E-state index contributed by atoms with van der Waals surface area (Å²) in [5, 5.41) is 27.6. The molecule has 2 rings (SSSR count). The first-order valence-corrected chi connectivity index (χ1v) is 3.86. The third-order valence-corrected chi connectivity index (χ3v) is 1.92. The molecule has 2 aromatic rings. The number of phenolic OH excluding ortho intramolecular Hbond substituents is 2. The fourth-order valence-electron chi connectivity index (χ4n) is 1.32. The summed E-state index contributed by atoms with van der Waals surface area (Å²) < 4.78 is 0. The van der Waals surface area contributed by atoms with Crippen molar-refractivity contribution < 1.29 is 20.1 Å². The lowest BCUT2D eigenvalue weighted by Gasteiger charge is -1.95. The number of nitrogens with one attached hydrogen (secondary N) is 1. The Balaban J connectivity index is 2.76. The van der Waals surface area contributed by atoms with E-state index in [0.29, 0.717) is 10.9 Å². The molecule has 5 nitrogen and oxygen atoms in total. The first-order valence-electron chi connectivity index (χ1n) is 3.86. The van der Waals surface area contributed by atoms with E-state index in [9.17, 15) is 9.90 Å². The van der Waals surface area contributed by atoms with Crippen LogP contribution in [0.2, 0.25) is 0 Å². The Kier molecular flexibility index (Phi) is 1.60. The Bertz CT molecular complexity index is 515. The van der Waals surface area contributed by atoms with Gasteiger partial charge in [0.25, 0.3) is 0 Å². The number of hydrogen-bond acceptors (Lipinski definition) is 3. The standard InChI is InChI=1S/C9H7NO4/c11-5-1-4-2-6(9(13)14)10-8(4)7(12)3-5/h1-3,10-12H,(H,13,14). The second-order valence-electron chi connectivity index (χ2n) is 2.92. The van der Waals surface area contributed by atoms with Crippen LogP contribution < -0.4 is 0 Å². The highest BCUT2D eigenvalue weighted by Crippen LogP contribution is 2.29. The van der Waals surface area contributed by atoms with E-state index in [0.717, 1.165) is 6.07 Å². The Hall–Kier alpha value is -2.17. The van der Waals surface area contributed by atoms with Gasteiger partial charge in [-0.25, -0.2) is 4.79 Å². The molecule has 0 saturated carbocycles. The van der Waals surface area contributed by atoms with Gasteiger partial charge in [-0.2, -0.15) is 0 Å². The van der Waals surface area contributed by atoms with Crippen LogP contribution in [-0.2, 0) is 0 Å². The quantitative estimate of drug-likeness (QED) is 0.548. The first-order chi connectivity index (χ1) is 6.58. The van der Waals surface area contributed by atoms with Gasteiger partial charge >= 0.3 is 5.97 Å². The minimum Gasteiger partial charge on any atom is -0.508 e. The number of phenols is 2. The lowest BCUT2D eigenvalue weighted by Crippen LogP contribution is -1.94. The van der Waals surface area contributed by atoms with Crippen molar-refractivity contribution >= 4 is 16.9 Å². The zero-order valence-electron chi connectivity index (χ0n) is 6.98. The predicted octanol–water partition coefficient (Wildman–Crippen LogP) is 1.28. The van der Waals surface area contributed by atoms with Crippen LogP contribution in [0, 0.1) is 0 Å². The van der Waals surface area contributed by atoms with E-state index in [4.69, 9.17) is 10.2 Å². The summed E-state index contributed by atoms with van der Waals surface area (Å²) in [6, 6.07) is 3.86. The zero-order chi connectivity index (χ0) is 10.3. The Labute approximate surface area is 78.2 Å². The molecule has 72 valence electrons. The number of aromatic nitrogens is 1. The van der Waals surface area contributed by atoms with E-state index >= 15 is 0 Å². The molecular formula is C9H7NO4. The van der Waals surface area contributed by atoms with Crippen molar-refractivity contribution in [3.63, 3.8) is 0 Å². The lowest BCUT2D eigenvalue weighted by molar-refractivity contribution is 0.0691. The number of hydrogen-bond donors (Lipinski definition) is 4. The van der Waals surface area contributed by atoms with E-state index in [2.05, 4.69) is 4.98 Å². The maximum absolute atomic E-state index is 10.6. The molecule has 14 heavy (non-hydrogen) atoms. The molecule has 0 fully saturated rings. The SMILES string of the molecule is O=C(O)c1cc2cc(O)cc(O)c2[nH]1. The molecule has 0 atom stereocenters. The third kappa shape index (κ3) is 1.15. The summed E-state index contributed by atoms with van der Waals surface area (Å²) in [6.07, 6.45) is 0. The van der Waals surface area contributed by atoms with Gasteiger partial charge in [-0.3, -0.25) is 0 Å². The molecule has 0 radical (unpaired) electrons. The van der Waals surface area contributed by atoms with E-state index in [1.807, 2.05) is 0 Å². The molecule has 1 aromatic carbocycles. The van der Waals surface area contributed by atoms with Crippen molar-refractivity contribution in [1.82, 2.24) is 4.98 Å². The molecule has 0 saturated heterocycles. The average Bonchev–Trinajstić information content (AvgIpc) is 2.47. The fourth-order valence-corrected chi connectivity index (χ4v) is 1.32. The van der Waals surface area contributed by atoms with Gasteiger partial charge in [0.2, 0.25) is 0 Å². The number of carbonyl (C=O) groups is 1. The molecule has 0 unspecified atom stereocenters. The number of fused-ring (bicyclic) bond motifs is 1. The Morgan fingerprint density at radius 1 is 1.21 bits per heavy atom. The number of aromatic amines is 1. The van der Waals surface area contributed by atoms with E-state index in [1.165, 1.54) is 12.1 Å². The topological polar surface area (TPSA) is 93.6 Å². The molecule has 1 aromatic heterocycles. The Morgan fingerprint density at radius 2 is 1.93 bits per heavy atom. The summed E-state index contributed by atoms with van der Waals surface area (Å²) in [4.78, 5) is 13.1. The molecular weight excluding hydrogens is 186 g/mol. The number of H-pyrrole nitrogens is 1. The number of benzene rings is 1. The highest BCUT2D eigenvalue weighted by Gasteiger charge is 2.10. The molecule has 4 N–H and O–H groups in total. The van der Waals surface area contributed by atoms with Gasteiger partial charge in [-0.05, 0) is 12.1 Å². The predicted molar refractivity (Wildman–Crippen MR) is 48.6 cm³/mol. The van der Waals surface area contributed by atoms with E-state index < -0.39 is 5.97 Å². The summed E-state index contributed by atoms with van der Waals surface area (Å²) in [6.45, 7) is 0. The molecule has 0 aliphatic heterocycles. The maximum Gasteiger partial charge on any atom is 0.352 e. The number of carboxylic acid groups (broad SMARTS) is 1. The molecule has 0 bridgehead atoms.